The molecule has 10 nitrogen and oxygen atoms in total. The van der Waals surface area contributed by atoms with Gasteiger partial charge >= 0.3 is 0 Å². The van der Waals surface area contributed by atoms with Crippen molar-refractivity contribution in [2.75, 3.05) is 126 Å². The Labute approximate surface area is 200 Å². The first-order chi connectivity index (χ1) is 16.1. The zero-order chi connectivity index (χ0) is 24.3. The molecule has 0 amide bonds. The van der Waals surface area contributed by atoms with Gasteiger partial charge in [0.05, 0.1) is 112 Å². The quantitative estimate of drug-likeness (QED) is 0.171. The topological polar surface area (TPSA) is 95.1 Å². The lowest BCUT2D eigenvalue weighted by atomic mass is 10.1. The maximum absolute atomic E-state index is 5.50. The van der Waals surface area contributed by atoms with Crippen LogP contribution in [0.5, 0.6) is 0 Å². The van der Waals surface area contributed by atoms with Crippen molar-refractivity contribution in [3.8, 4) is 0 Å². The van der Waals surface area contributed by atoms with Crippen molar-refractivity contribution in [2.24, 2.45) is 0 Å². The smallest absolute Gasteiger partial charge is 0.0701 e. The van der Waals surface area contributed by atoms with Crippen LogP contribution in [0.25, 0.3) is 0 Å². The molecule has 0 bridgehead atoms. The van der Waals surface area contributed by atoms with Crippen LogP contribution < -0.4 is 5.32 Å². The first kappa shape index (κ1) is 32.6. The van der Waals surface area contributed by atoms with Crippen LogP contribution in [0, 0.1) is 0 Å². The lowest BCUT2D eigenvalue weighted by Gasteiger charge is -2.20. The van der Waals surface area contributed by atoms with Gasteiger partial charge in [-0.25, -0.2) is 0 Å². The zero-order valence-corrected chi connectivity index (χ0v) is 21.4. The lowest BCUT2D eigenvalue weighted by molar-refractivity contribution is -0.0242. The Hall–Kier alpha value is -0.400. The van der Waals surface area contributed by atoms with Gasteiger partial charge < -0.3 is 47.9 Å². The molecule has 0 aliphatic carbocycles. The summed E-state index contributed by atoms with van der Waals surface area (Å²) >= 11 is 0. The van der Waals surface area contributed by atoms with Crippen LogP contribution in [0.3, 0.4) is 0 Å². The maximum Gasteiger partial charge on any atom is 0.0701 e. The summed E-state index contributed by atoms with van der Waals surface area (Å²) in [6, 6.07) is 0. The number of methoxy groups -OCH3 is 1. The monoisotopic (exact) mass is 483 g/mol. The normalized spacial score (nSPS) is 12.0. The third-order valence-electron chi connectivity index (χ3n) is 3.94. The van der Waals surface area contributed by atoms with Gasteiger partial charge in [-0.15, -0.1) is 0 Å². The molecule has 0 aromatic carbocycles. The van der Waals surface area contributed by atoms with Gasteiger partial charge in [0, 0.05) is 19.2 Å². The predicted molar refractivity (Wildman–Crippen MR) is 126 cm³/mol. The molecule has 0 heterocycles. The lowest BCUT2D eigenvalue weighted by Crippen LogP contribution is -2.38. The predicted octanol–water partition coefficient (Wildman–Crippen LogP) is 1.15. The molecule has 0 saturated heterocycles. The van der Waals surface area contributed by atoms with Crippen LogP contribution in [0.1, 0.15) is 20.8 Å². The third-order valence-corrected chi connectivity index (χ3v) is 3.94. The second-order valence-electron chi connectivity index (χ2n) is 8.07. The molecule has 0 saturated carbocycles. The van der Waals surface area contributed by atoms with Crippen molar-refractivity contribution in [2.45, 2.75) is 26.3 Å². The van der Waals surface area contributed by atoms with Crippen molar-refractivity contribution in [3.63, 3.8) is 0 Å². The Kier molecular flexibility index (Phi) is 25.9. The highest BCUT2D eigenvalue weighted by atomic mass is 16.6. The zero-order valence-electron chi connectivity index (χ0n) is 21.4. The molecule has 0 radical (unpaired) electrons. The average molecular weight is 484 g/mol. The van der Waals surface area contributed by atoms with E-state index in [0.717, 1.165) is 6.54 Å². The fourth-order valence-electron chi connectivity index (χ4n) is 2.28. The average Bonchev–Trinajstić information content (AvgIpc) is 2.78. The molecule has 33 heavy (non-hydrogen) atoms. The highest BCUT2D eigenvalue weighted by molar-refractivity contribution is 4.69. The fourth-order valence-corrected chi connectivity index (χ4v) is 2.28. The summed E-state index contributed by atoms with van der Waals surface area (Å²) in [4.78, 5) is 0. The SMILES string of the molecule is COCCOCCOCCOCCOCCOCCOCCOCCOCCNC(C)(C)C. The van der Waals surface area contributed by atoms with Gasteiger partial charge in [-0.1, -0.05) is 0 Å². The molecular weight excluding hydrogens is 434 g/mol. The maximum atomic E-state index is 5.50. The fraction of sp³-hybridized carbons (Fsp3) is 1.00. The van der Waals surface area contributed by atoms with E-state index in [1.165, 1.54) is 0 Å². The second-order valence-corrected chi connectivity index (χ2v) is 8.07. The number of ether oxygens (including phenoxy) is 9. The van der Waals surface area contributed by atoms with E-state index in [2.05, 4.69) is 26.1 Å². The number of nitrogens with one attached hydrogen (secondary N) is 1. The van der Waals surface area contributed by atoms with Gasteiger partial charge in [0.1, 0.15) is 0 Å². The molecule has 200 valence electrons. The number of rotatable bonds is 27. The number of hydrogen-bond acceptors (Lipinski definition) is 10. The van der Waals surface area contributed by atoms with Gasteiger partial charge in [0.2, 0.25) is 0 Å². The summed E-state index contributed by atoms with van der Waals surface area (Å²) in [6.45, 7) is 16.8. The van der Waals surface area contributed by atoms with E-state index >= 15 is 0 Å². The van der Waals surface area contributed by atoms with Crippen LogP contribution in [0.4, 0.5) is 0 Å². The molecule has 0 aliphatic heterocycles. The minimum atomic E-state index is 0.125. The first-order valence-electron chi connectivity index (χ1n) is 11.9. The molecule has 10 heteroatoms. The standard InChI is InChI=1S/C23H49NO9/c1-23(2,3)24-5-6-26-9-10-28-13-14-30-17-18-32-21-22-33-20-19-31-16-15-29-12-11-27-8-7-25-4/h24H,5-22H2,1-4H3. The molecular formula is C23H49NO9. The van der Waals surface area contributed by atoms with Crippen molar-refractivity contribution in [3.05, 3.63) is 0 Å². The summed E-state index contributed by atoms with van der Waals surface area (Å²) in [6.07, 6.45) is 0. The first-order valence-corrected chi connectivity index (χ1v) is 11.9. The Bertz CT molecular complexity index is 370. The van der Waals surface area contributed by atoms with Crippen LogP contribution in [-0.2, 0) is 42.6 Å². The molecule has 0 rings (SSSR count). The molecule has 0 unspecified atom stereocenters. The highest BCUT2D eigenvalue weighted by Crippen LogP contribution is 1.96. The van der Waals surface area contributed by atoms with E-state index in [4.69, 9.17) is 42.6 Å². The minimum absolute atomic E-state index is 0.125. The molecule has 1 N–H and O–H groups in total. The van der Waals surface area contributed by atoms with Crippen LogP contribution in [-0.4, -0.2) is 132 Å². The van der Waals surface area contributed by atoms with E-state index in [1.54, 1.807) is 7.11 Å². The summed E-state index contributed by atoms with van der Waals surface area (Å²) in [5, 5.41) is 3.37. The second kappa shape index (κ2) is 26.2. The van der Waals surface area contributed by atoms with E-state index in [-0.39, 0.29) is 5.54 Å². The van der Waals surface area contributed by atoms with E-state index in [1.807, 2.05) is 0 Å². The Morgan fingerprint density at radius 2 is 0.636 bits per heavy atom. The van der Waals surface area contributed by atoms with Crippen LogP contribution in [0.2, 0.25) is 0 Å². The molecule has 0 aromatic rings. The Morgan fingerprint density at radius 3 is 0.879 bits per heavy atom. The van der Waals surface area contributed by atoms with Crippen LogP contribution in [0.15, 0.2) is 0 Å². The van der Waals surface area contributed by atoms with Crippen molar-refractivity contribution in [1.82, 2.24) is 5.32 Å². The molecule has 0 aromatic heterocycles. The Morgan fingerprint density at radius 1 is 0.394 bits per heavy atom. The minimum Gasteiger partial charge on any atom is -0.382 e. The molecule has 0 spiro atoms. The van der Waals surface area contributed by atoms with E-state index in [9.17, 15) is 0 Å². The van der Waals surface area contributed by atoms with Gasteiger partial charge in [-0.3, -0.25) is 0 Å². The van der Waals surface area contributed by atoms with Gasteiger partial charge in [-0.2, -0.15) is 0 Å². The van der Waals surface area contributed by atoms with Crippen LogP contribution >= 0.6 is 0 Å². The van der Waals surface area contributed by atoms with E-state index < -0.39 is 0 Å². The molecule has 0 fully saturated rings. The molecule has 0 atom stereocenters. The summed E-state index contributed by atoms with van der Waals surface area (Å²) < 4.78 is 48.3. The van der Waals surface area contributed by atoms with E-state index in [0.29, 0.717) is 112 Å². The summed E-state index contributed by atoms with van der Waals surface area (Å²) in [7, 11) is 1.65. The third kappa shape index (κ3) is 31.6. The van der Waals surface area contributed by atoms with Gasteiger partial charge in [-0.05, 0) is 20.8 Å². The van der Waals surface area contributed by atoms with Crippen molar-refractivity contribution < 1.29 is 42.6 Å². The largest absolute Gasteiger partial charge is 0.382 e. The Balaban J connectivity index is 3.03. The summed E-state index contributed by atoms with van der Waals surface area (Å²) in [5.41, 5.74) is 0.125. The van der Waals surface area contributed by atoms with Gasteiger partial charge in [0.15, 0.2) is 0 Å². The summed E-state index contributed by atoms with van der Waals surface area (Å²) in [5.74, 6) is 0. The number of hydrogen-bond donors (Lipinski definition) is 1. The van der Waals surface area contributed by atoms with Crippen molar-refractivity contribution in [1.29, 1.82) is 0 Å². The van der Waals surface area contributed by atoms with Gasteiger partial charge in [0.25, 0.3) is 0 Å². The molecule has 0 aliphatic rings. The highest BCUT2D eigenvalue weighted by Gasteiger charge is 2.06. The van der Waals surface area contributed by atoms with Crippen molar-refractivity contribution >= 4 is 0 Å².